The predicted molar refractivity (Wildman–Crippen MR) is 73.1 cm³/mol. The maximum Gasteiger partial charge on any atom is 0.296 e. The van der Waals surface area contributed by atoms with Crippen molar-refractivity contribution < 1.29 is 14.3 Å². The van der Waals surface area contributed by atoms with Gasteiger partial charge in [-0.05, 0) is 18.1 Å². The van der Waals surface area contributed by atoms with Gasteiger partial charge >= 0.3 is 0 Å². The first kappa shape index (κ1) is 14.3. The van der Waals surface area contributed by atoms with E-state index < -0.39 is 5.91 Å². The van der Waals surface area contributed by atoms with Crippen LogP contribution in [0, 0.1) is 12.3 Å². The molecule has 0 heterocycles. The maximum atomic E-state index is 11.2. The number of nitrogens with one attached hydrogen (secondary N) is 1. The molecule has 96 valence electrons. The van der Waals surface area contributed by atoms with Crippen molar-refractivity contribution in [3.8, 4) is 23.8 Å². The Balaban J connectivity index is 3.05. The third kappa shape index (κ3) is 3.34. The average molecular weight is 265 g/mol. The van der Waals surface area contributed by atoms with Gasteiger partial charge in [0.25, 0.3) is 5.91 Å². The number of rotatable bonds is 5. The van der Waals surface area contributed by atoms with Crippen molar-refractivity contribution in [1.82, 2.24) is 5.32 Å². The van der Waals surface area contributed by atoms with Crippen LogP contribution in [0.3, 0.4) is 0 Å². The lowest BCUT2D eigenvalue weighted by Gasteiger charge is -2.18. The second-order valence-corrected chi connectivity index (χ2v) is 3.83. The van der Waals surface area contributed by atoms with E-state index in [9.17, 15) is 4.79 Å². The molecule has 1 N–H and O–H groups in total. The molecule has 18 heavy (non-hydrogen) atoms. The lowest BCUT2D eigenvalue weighted by molar-refractivity contribution is -0.116. The molecule has 4 nitrogen and oxygen atoms in total. The fourth-order valence-electron chi connectivity index (χ4n) is 1.53. The van der Waals surface area contributed by atoms with Crippen molar-refractivity contribution in [2.24, 2.45) is 0 Å². The van der Waals surface area contributed by atoms with Crippen LogP contribution in [0.1, 0.15) is 11.6 Å². The van der Waals surface area contributed by atoms with Crippen LogP contribution in [0.25, 0.3) is 0 Å². The molecule has 1 amide bonds. The van der Waals surface area contributed by atoms with Crippen molar-refractivity contribution in [2.75, 3.05) is 20.0 Å². The number of methoxy groups -OCH3 is 2. The Kier molecular flexibility index (Phi) is 5.40. The minimum absolute atomic E-state index is 0.308. The normalized spacial score (nSPS) is 11.2. The van der Waals surface area contributed by atoms with Gasteiger partial charge in [0.1, 0.15) is 11.5 Å². The van der Waals surface area contributed by atoms with E-state index in [0.29, 0.717) is 17.3 Å². The third-order valence-corrected chi connectivity index (χ3v) is 2.80. The zero-order valence-electron chi connectivity index (χ0n) is 10.3. The van der Waals surface area contributed by atoms with Crippen molar-refractivity contribution in [3.05, 3.63) is 23.8 Å². The van der Waals surface area contributed by atoms with Crippen molar-refractivity contribution in [3.63, 3.8) is 0 Å². The van der Waals surface area contributed by atoms with E-state index in [4.69, 9.17) is 15.9 Å². The lowest BCUT2D eigenvalue weighted by Crippen LogP contribution is -2.28. The maximum absolute atomic E-state index is 11.2. The summed E-state index contributed by atoms with van der Waals surface area (Å²) in [6.07, 6.45) is 5.03. The summed E-state index contributed by atoms with van der Waals surface area (Å²) in [5.74, 6) is 3.24. The first-order chi connectivity index (χ1) is 8.65. The predicted octanol–water partition coefficient (Wildman–Crippen LogP) is 1.42. The van der Waals surface area contributed by atoms with Crippen molar-refractivity contribution in [2.45, 2.75) is 6.04 Å². The Morgan fingerprint density at radius 1 is 1.50 bits per heavy atom. The zero-order valence-corrected chi connectivity index (χ0v) is 11.2. The van der Waals surface area contributed by atoms with Crippen LogP contribution in [0.4, 0.5) is 0 Å². The number of ether oxygens (including phenoxy) is 2. The van der Waals surface area contributed by atoms with Gasteiger partial charge in [0.2, 0.25) is 0 Å². The van der Waals surface area contributed by atoms with E-state index >= 15 is 0 Å². The van der Waals surface area contributed by atoms with Crippen LogP contribution in [0.5, 0.6) is 11.5 Å². The van der Waals surface area contributed by atoms with Crippen LogP contribution in [0.15, 0.2) is 18.2 Å². The van der Waals surface area contributed by atoms with Crippen LogP contribution < -0.4 is 14.8 Å². The Labute approximate surface area is 112 Å². The van der Waals surface area contributed by atoms with Crippen LogP contribution >= 0.6 is 12.6 Å². The highest BCUT2D eigenvalue weighted by molar-refractivity contribution is 7.80. The Morgan fingerprint density at radius 3 is 2.72 bits per heavy atom. The topological polar surface area (TPSA) is 47.6 Å². The van der Waals surface area contributed by atoms with Crippen LogP contribution in [-0.4, -0.2) is 25.9 Å². The van der Waals surface area contributed by atoms with E-state index in [1.54, 1.807) is 26.4 Å². The minimum Gasteiger partial charge on any atom is -0.497 e. The Hall–Kier alpha value is -1.80. The molecule has 1 atom stereocenters. The Morgan fingerprint density at radius 2 is 2.22 bits per heavy atom. The van der Waals surface area contributed by atoms with Gasteiger partial charge in [-0.15, -0.1) is 6.42 Å². The van der Waals surface area contributed by atoms with Crippen LogP contribution in [0.2, 0.25) is 0 Å². The number of benzene rings is 1. The van der Waals surface area contributed by atoms with Crippen LogP contribution in [-0.2, 0) is 4.79 Å². The second-order valence-electron chi connectivity index (χ2n) is 3.46. The molecule has 0 fully saturated rings. The van der Waals surface area contributed by atoms with Gasteiger partial charge in [0.15, 0.2) is 0 Å². The highest BCUT2D eigenvalue weighted by Crippen LogP contribution is 2.29. The quantitative estimate of drug-likeness (QED) is 0.625. The number of carbonyl (C=O) groups excluding carboxylic acids is 1. The van der Waals surface area contributed by atoms with Gasteiger partial charge in [-0.25, -0.2) is 0 Å². The molecule has 0 saturated heterocycles. The molecule has 1 aromatic rings. The third-order valence-electron chi connectivity index (χ3n) is 2.44. The molecule has 5 heteroatoms. The number of thiol groups is 1. The molecule has 0 aliphatic rings. The summed E-state index contributed by atoms with van der Waals surface area (Å²) in [4.78, 5) is 11.2. The highest BCUT2D eigenvalue weighted by atomic mass is 32.1. The molecule has 1 aromatic carbocycles. The van der Waals surface area contributed by atoms with E-state index in [1.807, 2.05) is 12.0 Å². The zero-order chi connectivity index (χ0) is 13.5. The van der Waals surface area contributed by atoms with Gasteiger partial charge in [-0.2, -0.15) is 12.6 Å². The Bertz CT molecular complexity index is 468. The summed E-state index contributed by atoms with van der Waals surface area (Å²) in [5, 5.41) is 2.67. The first-order valence-corrected chi connectivity index (χ1v) is 5.89. The van der Waals surface area contributed by atoms with Crippen molar-refractivity contribution >= 4 is 18.5 Å². The smallest absolute Gasteiger partial charge is 0.296 e. The molecule has 1 unspecified atom stereocenters. The lowest BCUT2D eigenvalue weighted by atomic mass is 10.1. The molecular weight excluding hydrogens is 250 g/mol. The summed E-state index contributed by atoms with van der Waals surface area (Å²) >= 11 is 4.21. The summed E-state index contributed by atoms with van der Waals surface area (Å²) in [6, 6.07) is 5.04. The highest BCUT2D eigenvalue weighted by Gasteiger charge is 2.17. The van der Waals surface area contributed by atoms with Gasteiger partial charge < -0.3 is 14.8 Å². The fraction of sp³-hybridized carbons (Fsp3) is 0.308. The van der Waals surface area contributed by atoms with Gasteiger partial charge in [0.05, 0.1) is 20.3 Å². The molecule has 0 spiro atoms. The summed E-state index contributed by atoms with van der Waals surface area (Å²) < 4.78 is 10.4. The van der Waals surface area contributed by atoms with Gasteiger partial charge in [-0.3, -0.25) is 4.79 Å². The molecule has 0 aliphatic heterocycles. The SMILES string of the molecule is C#CC(=O)NC(CS)c1ccc(OC)cc1OC. The first-order valence-electron chi connectivity index (χ1n) is 5.26. The summed E-state index contributed by atoms with van der Waals surface area (Å²) in [6.45, 7) is 0. The summed E-state index contributed by atoms with van der Waals surface area (Å²) in [5.41, 5.74) is 0.803. The molecule has 0 aliphatic carbocycles. The molecular formula is C13H15NO3S. The minimum atomic E-state index is -0.480. The van der Waals surface area contributed by atoms with E-state index in [2.05, 4.69) is 17.9 Å². The fourth-order valence-corrected chi connectivity index (χ4v) is 1.82. The molecule has 0 radical (unpaired) electrons. The molecule has 0 saturated carbocycles. The number of terminal acetylenes is 1. The van der Waals surface area contributed by atoms with Crippen molar-refractivity contribution in [1.29, 1.82) is 0 Å². The number of carbonyl (C=O) groups is 1. The number of hydrogen-bond donors (Lipinski definition) is 2. The molecule has 0 bridgehead atoms. The van der Waals surface area contributed by atoms with E-state index in [-0.39, 0.29) is 6.04 Å². The largest absolute Gasteiger partial charge is 0.497 e. The summed E-state index contributed by atoms with van der Waals surface area (Å²) in [7, 11) is 3.13. The average Bonchev–Trinajstić information content (AvgIpc) is 2.43. The number of hydrogen-bond acceptors (Lipinski definition) is 4. The molecule has 0 aromatic heterocycles. The van der Waals surface area contributed by atoms with Gasteiger partial charge in [-0.1, -0.05) is 0 Å². The number of amides is 1. The standard InChI is InChI=1S/C13H15NO3S/c1-4-13(15)14-11(8-18)10-6-5-9(16-2)7-12(10)17-3/h1,5-7,11,18H,8H2,2-3H3,(H,14,15). The van der Waals surface area contributed by atoms with E-state index in [1.165, 1.54) is 0 Å². The van der Waals surface area contributed by atoms with E-state index in [0.717, 1.165) is 5.56 Å². The monoisotopic (exact) mass is 265 g/mol. The second kappa shape index (κ2) is 6.82. The molecule has 1 rings (SSSR count). The van der Waals surface area contributed by atoms with Gasteiger partial charge in [0, 0.05) is 17.4 Å².